The number of sulfonamides is 1. The van der Waals surface area contributed by atoms with Gasteiger partial charge in [0.05, 0.1) is 24.1 Å². The van der Waals surface area contributed by atoms with Crippen molar-refractivity contribution in [1.29, 1.82) is 10.5 Å². The molecule has 2 aliphatic rings. The van der Waals surface area contributed by atoms with Crippen molar-refractivity contribution in [2.45, 2.75) is 76.9 Å². The van der Waals surface area contributed by atoms with Crippen LogP contribution in [0.1, 0.15) is 47.9 Å². The number of piperazine rings is 1. The molecular formula is C35H43F3N10O2S2. The molecular weight excluding hydrogens is 714 g/mol. The van der Waals surface area contributed by atoms with Crippen molar-refractivity contribution in [3.05, 3.63) is 46.0 Å². The lowest BCUT2D eigenvalue weighted by Crippen LogP contribution is -2.57. The molecule has 0 unspecified atom stereocenters. The Morgan fingerprint density at radius 1 is 1.10 bits per heavy atom. The van der Waals surface area contributed by atoms with Crippen LogP contribution in [0.4, 0.5) is 24.9 Å². The molecule has 52 heavy (non-hydrogen) atoms. The van der Waals surface area contributed by atoms with Crippen molar-refractivity contribution in [3.8, 4) is 12.1 Å². The van der Waals surface area contributed by atoms with Gasteiger partial charge >= 0.3 is 6.18 Å². The number of nitriles is 2. The fraction of sp³-hybridized carbons (Fsp3) is 0.543. The Kier molecular flexibility index (Phi) is 11.0. The molecule has 17 heteroatoms. The molecule has 4 aromatic rings. The second-order valence-electron chi connectivity index (χ2n) is 13.7. The third kappa shape index (κ3) is 8.14. The number of aromatic nitrogens is 3. The van der Waals surface area contributed by atoms with E-state index in [9.17, 15) is 32.1 Å². The number of piperidine rings is 1. The average Bonchev–Trinajstić information content (AvgIpc) is 3.68. The topological polar surface area (TPSA) is 146 Å². The van der Waals surface area contributed by atoms with Crippen molar-refractivity contribution < 1.29 is 21.6 Å². The van der Waals surface area contributed by atoms with Gasteiger partial charge in [0.1, 0.15) is 28.5 Å². The Labute approximate surface area is 305 Å². The van der Waals surface area contributed by atoms with Gasteiger partial charge in [-0.05, 0) is 55.5 Å². The van der Waals surface area contributed by atoms with Gasteiger partial charge in [-0.3, -0.25) is 9.80 Å². The van der Waals surface area contributed by atoms with E-state index in [-0.39, 0.29) is 23.5 Å². The number of hydrogen-bond acceptors (Lipinski definition) is 11. The lowest BCUT2D eigenvalue weighted by atomic mass is 10.0. The van der Waals surface area contributed by atoms with Gasteiger partial charge < -0.3 is 15.2 Å². The Hall–Kier alpha value is -4.00. The molecule has 2 N–H and O–H groups in total. The highest BCUT2D eigenvalue weighted by Crippen LogP contribution is 2.35. The van der Waals surface area contributed by atoms with Gasteiger partial charge in [0.2, 0.25) is 16.0 Å². The summed E-state index contributed by atoms with van der Waals surface area (Å²) in [5.41, 5.74) is 3.81. The van der Waals surface area contributed by atoms with Crippen molar-refractivity contribution in [1.82, 2.24) is 28.6 Å². The highest BCUT2D eigenvalue weighted by Gasteiger charge is 2.35. The van der Waals surface area contributed by atoms with Gasteiger partial charge in [-0.2, -0.15) is 33.0 Å². The summed E-state index contributed by atoms with van der Waals surface area (Å²) in [7, 11) is -1.80. The lowest BCUT2D eigenvalue weighted by molar-refractivity contribution is -0.126. The summed E-state index contributed by atoms with van der Waals surface area (Å²) in [6.45, 7) is 8.17. The van der Waals surface area contributed by atoms with Crippen LogP contribution in [-0.2, 0) is 29.5 Å². The van der Waals surface area contributed by atoms with Crippen LogP contribution in [0.5, 0.6) is 0 Å². The number of nitrogens with one attached hydrogen (secondary N) is 2. The smallest absolute Gasteiger partial charge is 0.367 e. The maximum atomic E-state index is 13.1. The third-order valence-electron chi connectivity index (χ3n) is 10.3. The van der Waals surface area contributed by atoms with E-state index in [1.54, 1.807) is 13.1 Å². The highest BCUT2D eigenvalue weighted by atomic mass is 32.2. The van der Waals surface area contributed by atoms with Gasteiger partial charge in [0.15, 0.2) is 0 Å². The minimum atomic E-state index is -4.30. The largest absolute Gasteiger partial charge is 0.393 e. The molecule has 12 nitrogen and oxygen atoms in total. The second kappa shape index (κ2) is 15.2. The van der Waals surface area contributed by atoms with E-state index in [2.05, 4.69) is 68.5 Å². The molecule has 0 saturated carbocycles. The molecule has 0 radical (unpaired) electrons. The number of fused-ring (bicyclic) bond motifs is 2. The van der Waals surface area contributed by atoms with E-state index in [0.29, 0.717) is 47.3 Å². The molecule has 6 rings (SSSR count). The molecule has 278 valence electrons. The van der Waals surface area contributed by atoms with E-state index in [4.69, 9.17) is 0 Å². The number of thiophene rings is 1. The van der Waals surface area contributed by atoms with E-state index in [1.807, 2.05) is 10.6 Å². The zero-order valence-corrected chi connectivity index (χ0v) is 31.3. The SMILES string of the molecule is CC[C@@H](Cn1c(C#N)cc2c(C)c(CN3CCC(Nc4nc(NC)nc5sc(CC(F)(F)F)cc45)CC3)ccc21)N1CCN(S(C)(=O)=O)[C@H](C#N)C1. The van der Waals surface area contributed by atoms with Gasteiger partial charge in [-0.1, -0.05) is 13.0 Å². The number of halogens is 3. The van der Waals surface area contributed by atoms with E-state index >= 15 is 0 Å². The normalized spacial score (nSPS) is 19.1. The molecule has 0 spiro atoms. The summed E-state index contributed by atoms with van der Waals surface area (Å²) >= 11 is 1.04. The second-order valence-corrected chi connectivity index (χ2v) is 16.7. The number of benzene rings is 1. The molecule has 5 heterocycles. The molecule has 2 aliphatic heterocycles. The first-order chi connectivity index (χ1) is 24.7. The van der Waals surface area contributed by atoms with Crippen LogP contribution in [-0.4, -0.2) is 107 Å². The summed E-state index contributed by atoms with van der Waals surface area (Å²) in [6, 6.07) is 11.6. The maximum absolute atomic E-state index is 13.1. The Balaban J connectivity index is 1.12. The minimum absolute atomic E-state index is 0.0140. The minimum Gasteiger partial charge on any atom is -0.367 e. The lowest BCUT2D eigenvalue weighted by Gasteiger charge is -2.40. The van der Waals surface area contributed by atoms with Crippen molar-refractivity contribution >= 4 is 54.2 Å². The summed E-state index contributed by atoms with van der Waals surface area (Å²) in [6.07, 6.45) is -1.72. The number of aryl methyl sites for hydroxylation is 1. The Morgan fingerprint density at radius 3 is 2.48 bits per heavy atom. The molecule has 0 bridgehead atoms. The highest BCUT2D eigenvalue weighted by molar-refractivity contribution is 7.88. The van der Waals surface area contributed by atoms with Gasteiger partial charge in [0, 0.05) is 80.7 Å². The van der Waals surface area contributed by atoms with Crippen LogP contribution in [0.3, 0.4) is 0 Å². The van der Waals surface area contributed by atoms with Crippen molar-refractivity contribution in [3.63, 3.8) is 0 Å². The van der Waals surface area contributed by atoms with Crippen molar-refractivity contribution in [2.75, 3.05) is 56.7 Å². The van der Waals surface area contributed by atoms with Crippen LogP contribution < -0.4 is 10.6 Å². The molecule has 3 aromatic heterocycles. The number of nitrogens with zero attached hydrogens (tertiary/aromatic N) is 8. The zero-order chi connectivity index (χ0) is 37.4. The van der Waals surface area contributed by atoms with Gasteiger partial charge in [-0.25, -0.2) is 13.4 Å². The molecule has 2 saturated heterocycles. The summed E-state index contributed by atoms with van der Waals surface area (Å²) in [4.78, 5) is 14.2. The first kappa shape index (κ1) is 37.7. The van der Waals surface area contributed by atoms with Crippen LogP contribution in [0.25, 0.3) is 21.1 Å². The molecule has 0 amide bonds. The van der Waals surface area contributed by atoms with Crippen molar-refractivity contribution in [2.24, 2.45) is 0 Å². The van der Waals surface area contributed by atoms with E-state index < -0.39 is 28.7 Å². The summed E-state index contributed by atoms with van der Waals surface area (Å²) in [5.74, 6) is 0.903. The predicted octanol–water partition coefficient (Wildman–Crippen LogP) is 5.30. The summed E-state index contributed by atoms with van der Waals surface area (Å²) < 4.78 is 67.1. The Morgan fingerprint density at radius 2 is 1.85 bits per heavy atom. The van der Waals surface area contributed by atoms with Crippen LogP contribution >= 0.6 is 11.3 Å². The number of hydrogen-bond donors (Lipinski definition) is 2. The number of alkyl halides is 3. The van der Waals surface area contributed by atoms with E-state index in [0.717, 1.165) is 73.0 Å². The monoisotopic (exact) mass is 756 g/mol. The third-order valence-corrected chi connectivity index (χ3v) is 12.6. The zero-order valence-electron chi connectivity index (χ0n) is 29.7. The molecule has 2 atom stereocenters. The van der Waals surface area contributed by atoms with Gasteiger partial charge in [-0.15, -0.1) is 11.3 Å². The molecule has 1 aromatic carbocycles. The maximum Gasteiger partial charge on any atom is 0.393 e. The van der Waals surface area contributed by atoms with Crippen LogP contribution in [0, 0.1) is 29.6 Å². The summed E-state index contributed by atoms with van der Waals surface area (Å²) in [5, 5.41) is 27.9. The number of anilines is 2. The van der Waals surface area contributed by atoms with Crippen LogP contribution in [0.15, 0.2) is 24.3 Å². The Bertz CT molecular complexity index is 2130. The first-order valence-corrected chi connectivity index (χ1v) is 20.0. The quantitative estimate of drug-likeness (QED) is 0.207. The molecule has 2 fully saturated rings. The first-order valence-electron chi connectivity index (χ1n) is 17.4. The van der Waals surface area contributed by atoms with Gasteiger partial charge in [0.25, 0.3) is 0 Å². The average molecular weight is 757 g/mol. The fourth-order valence-electron chi connectivity index (χ4n) is 7.46. The number of rotatable bonds is 11. The molecule has 0 aliphatic carbocycles. The standard InChI is InChI=1S/C35H43F3N10O2S2/c1-5-25(46-12-13-48(52(4,49)50)27(18-40)20-46)21-47-26(17-39)14-29-22(2)23(6-7-31(29)47)19-45-10-8-24(9-11-45)42-32-30-15-28(16-35(36,37)38)51-33(30)44-34(41-3)43-32/h6-7,14-15,24-25,27H,5,8-13,16,19-21H2,1-4H3,(H2,41,42,43,44)/t25-,27+/m0/s1. The fourth-order valence-corrected chi connectivity index (χ4v) is 9.51. The number of likely N-dealkylation sites (tertiary alicyclic amines) is 1. The van der Waals surface area contributed by atoms with Crippen LogP contribution in [0.2, 0.25) is 0 Å². The van der Waals surface area contributed by atoms with E-state index in [1.165, 1.54) is 9.87 Å². The predicted molar refractivity (Wildman–Crippen MR) is 197 cm³/mol.